The molecular weight excluding hydrogens is 338 g/mol. The molecule has 1 aromatic rings. The molecule has 2 rings (SSSR count). The van der Waals surface area contributed by atoms with Gasteiger partial charge in [0.05, 0.1) is 9.79 Å². The van der Waals surface area contributed by atoms with Gasteiger partial charge in [-0.25, -0.2) is 21.6 Å². The Hall–Kier alpha value is -1.00. The number of aryl methyl sites for hydroxylation is 1. The first kappa shape index (κ1) is 18.3. The lowest BCUT2D eigenvalue weighted by Gasteiger charge is -2.31. The minimum atomic E-state index is -3.64. The fraction of sp³-hybridized carbons (Fsp3) is 0.571. The van der Waals surface area contributed by atoms with Crippen molar-refractivity contribution in [3.05, 3.63) is 23.8 Å². The fourth-order valence-electron chi connectivity index (χ4n) is 2.73. The van der Waals surface area contributed by atoms with E-state index in [9.17, 15) is 16.8 Å². The number of hydrogen-bond acceptors (Lipinski definition) is 5. The number of nitrogens with one attached hydrogen (secondary N) is 2. The van der Waals surface area contributed by atoms with Gasteiger partial charge in [-0.15, -0.1) is 0 Å². The Kier molecular flexibility index (Phi) is 5.47. The predicted molar refractivity (Wildman–Crippen MR) is 88.3 cm³/mol. The Morgan fingerprint density at radius 3 is 2.30 bits per heavy atom. The lowest BCUT2D eigenvalue weighted by Crippen LogP contribution is -2.43. The average molecular weight is 361 g/mol. The van der Waals surface area contributed by atoms with Crippen LogP contribution in [0.15, 0.2) is 28.0 Å². The van der Waals surface area contributed by atoms with Crippen molar-refractivity contribution in [3.63, 3.8) is 0 Å². The first-order chi connectivity index (χ1) is 10.7. The smallest absolute Gasteiger partial charge is 0.243 e. The molecule has 0 radical (unpaired) electrons. The third-order valence-corrected chi connectivity index (χ3v) is 7.69. The topological polar surface area (TPSA) is 95.6 Å². The quantitative estimate of drug-likeness (QED) is 0.785. The van der Waals surface area contributed by atoms with Gasteiger partial charge in [-0.3, -0.25) is 0 Å². The summed E-state index contributed by atoms with van der Waals surface area (Å²) in [6.07, 6.45) is 1.53. The molecule has 0 bridgehead atoms. The van der Waals surface area contributed by atoms with Gasteiger partial charge in [0, 0.05) is 13.1 Å². The first-order valence-corrected chi connectivity index (χ1v) is 10.4. The molecule has 9 heteroatoms. The van der Waals surface area contributed by atoms with E-state index >= 15 is 0 Å². The number of hydrogen-bond donors (Lipinski definition) is 2. The van der Waals surface area contributed by atoms with E-state index in [0.717, 1.165) is 25.9 Å². The molecule has 0 aromatic heterocycles. The van der Waals surface area contributed by atoms with Crippen LogP contribution in [0.1, 0.15) is 18.4 Å². The Morgan fingerprint density at radius 1 is 1.17 bits per heavy atom. The second-order valence-electron chi connectivity index (χ2n) is 5.64. The highest BCUT2D eigenvalue weighted by atomic mass is 32.2. The van der Waals surface area contributed by atoms with Gasteiger partial charge in [0.1, 0.15) is 0 Å². The van der Waals surface area contributed by atoms with Crippen molar-refractivity contribution in [2.75, 3.05) is 27.2 Å². The van der Waals surface area contributed by atoms with Crippen LogP contribution in [-0.4, -0.2) is 54.4 Å². The van der Waals surface area contributed by atoms with Crippen LogP contribution in [0.25, 0.3) is 0 Å². The highest BCUT2D eigenvalue weighted by Crippen LogP contribution is 2.24. The zero-order chi connectivity index (χ0) is 17.3. The zero-order valence-corrected chi connectivity index (χ0v) is 15.2. The molecule has 0 amide bonds. The summed E-state index contributed by atoms with van der Waals surface area (Å²) in [7, 11) is -4.33. The van der Waals surface area contributed by atoms with Crippen molar-refractivity contribution in [3.8, 4) is 0 Å². The van der Waals surface area contributed by atoms with Gasteiger partial charge in [0.2, 0.25) is 20.0 Å². The second-order valence-corrected chi connectivity index (χ2v) is 9.49. The van der Waals surface area contributed by atoms with E-state index in [-0.39, 0.29) is 15.8 Å². The van der Waals surface area contributed by atoms with Crippen LogP contribution < -0.4 is 10.0 Å². The van der Waals surface area contributed by atoms with Crippen LogP contribution in [0.3, 0.4) is 0 Å². The number of benzene rings is 1. The Labute approximate surface area is 138 Å². The average Bonchev–Trinajstić information content (AvgIpc) is 2.54. The van der Waals surface area contributed by atoms with Crippen molar-refractivity contribution in [2.24, 2.45) is 0 Å². The molecule has 0 spiro atoms. The van der Waals surface area contributed by atoms with Crippen LogP contribution >= 0.6 is 0 Å². The molecular formula is C14H23N3O4S2. The molecule has 2 N–H and O–H groups in total. The van der Waals surface area contributed by atoms with Gasteiger partial charge in [-0.1, -0.05) is 0 Å². The van der Waals surface area contributed by atoms with Crippen LogP contribution in [0, 0.1) is 6.92 Å². The SMILES string of the molecule is CNS(=O)(=O)c1ccc(S(=O)(=O)N(C)C2CCNCC2)cc1C. The molecule has 1 fully saturated rings. The molecule has 0 aliphatic carbocycles. The summed E-state index contributed by atoms with van der Waals surface area (Å²) in [5, 5.41) is 3.21. The monoisotopic (exact) mass is 361 g/mol. The highest BCUT2D eigenvalue weighted by molar-refractivity contribution is 7.89. The standard InChI is InChI=1S/C14H23N3O4S2/c1-11-10-13(4-5-14(11)22(18,19)15-2)23(20,21)17(3)12-6-8-16-9-7-12/h4-5,10,12,15-16H,6-9H2,1-3H3. The molecule has 23 heavy (non-hydrogen) atoms. The Balaban J connectivity index is 2.35. The van der Waals surface area contributed by atoms with E-state index in [4.69, 9.17) is 0 Å². The lowest BCUT2D eigenvalue weighted by atomic mass is 10.1. The summed E-state index contributed by atoms with van der Waals surface area (Å²) in [5.41, 5.74) is 0.402. The van der Waals surface area contributed by atoms with Crippen molar-refractivity contribution in [1.82, 2.24) is 14.3 Å². The lowest BCUT2D eigenvalue weighted by molar-refractivity contribution is 0.296. The van der Waals surface area contributed by atoms with Crippen molar-refractivity contribution in [2.45, 2.75) is 35.6 Å². The van der Waals surface area contributed by atoms with Crippen LogP contribution in [0.2, 0.25) is 0 Å². The van der Waals surface area contributed by atoms with Crippen molar-refractivity contribution in [1.29, 1.82) is 0 Å². The number of rotatable bonds is 5. The molecule has 1 aromatic carbocycles. The van der Waals surface area contributed by atoms with E-state index in [1.807, 2.05) is 0 Å². The minimum absolute atomic E-state index is 0.0396. The zero-order valence-electron chi connectivity index (χ0n) is 13.5. The van der Waals surface area contributed by atoms with Gasteiger partial charge in [-0.05, 0) is 63.7 Å². The molecule has 0 atom stereocenters. The maximum absolute atomic E-state index is 12.8. The van der Waals surface area contributed by atoms with Gasteiger partial charge in [0.25, 0.3) is 0 Å². The van der Waals surface area contributed by atoms with Crippen LogP contribution in [-0.2, 0) is 20.0 Å². The van der Waals surface area contributed by atoms with Crippen molar-refractivity contribution >= 4 is 20.0 Å². The minimum Gasteiger partial charge on any atom is -0.317 e. The summed E-state index contributed by atoms with van der Waals surface area (Å²) in [5.74, 6) is 0. The Morgan fingerprint density at radius 2 is 1.78 bits per heavy atom. The largest absolute Gasteiger partial charge is 0.317 e. The molecule has 1 heterocycles. The van der Waals surface area contributed by atoms with E-state index in [0.29, 0.717) is 5.56 Å². The van der Waals surface area contributed by atoms with Crippen LogP contribution in [0.5, 0.6) is 0 Å². The third-order valence-electron chi connectivity index (χ3n) is 4.20. The van der Waals surface area contributed by atoms with E-state index in [2.05, 4.69) is 10.0 Å². The summed E-state index contributed by atoms with van der Waals surface area (Å²) < 4.78 is 52.9. The maximum Gasteiger partial charge on any atom is 0.243 e. The van der Waals surface area contributed by atoms with Gasteiger partial charge < -0.3 is 5.32 Å². The normalized spacial score (nSPS) is 17.6. The molecule has 130 valence electrons. The number of nitrogens with zero attached hydrogens (tertiary/aromatic N) is 1. The Bertz CT molecular complexity index is 769. The predicted octanol–water partition coefficient (Wildman–Crippen LogP) is 0.276. The second kappa shape index (κ2) is 6.86. The summed E-state index contributed by atoms with van der Waals surface area (Å²) in [6.45, 7) is 3.18. The third kappa shape index (κ3) is 3.74. The van der Waals surface area contributed by atoms with E-state index < -0.39 is 20.0 Å². The fourth-order valence-corrected chi connectivity index (χ4v) is 5.18. The molecule has 1 aliphatic rings. The maximum atomic E-state index is 12.8. The van der Waals surface area contributed by atoms with Gasteiger partial charge in [-0.2, -0.15) is 4.31 Å². The molecule has 0 saturated carbocycles. The number of sulfonamides is 2. The van der Waals surface area contributed by atoms with Crippen LogP contribution in [0.4, 0.5) is 0 Å². The molecule has 7 nitrogen and oxygen atoms in total. The molecule has 0 unspecified atom stereocenters. The summed E-state index contributed by atoms with van der Waals surface area (Å²) in [4.78, 5) is 0.203. The first-order valence-electron chi connectivity index (χ1n) is 7.43. The van der Waals surface area contributed by atoms with E-state index in [1.54, 1.807) is 14.0 Å². The number of piperidine rings is 1. The van der Waals surface area contributed by atoms with E-state index in [1.165, 1.54) is 29.6 Å². The summed E-state index contributed by atoms with van der Waals surface area (Å²) in [6, 6.07) is 4.06. The molecule has 1 aliphatic heterocycles. The van der Waals surface area contributed by atoms with Gasteiger partial charge in [0.15, 0.2) is 0 Å². The van der Waals surface area contributed by atoms with Crippen molar-refractivity contribution < 1.29 is 16.8 Å². The van der Waals surface area contributed by atoms with Gasteiger partial charge >= 0.3 is 0 Å². The molecule has 1 saturated heterocycles. The highest BCUT2D eigenvalue weighted by Gasteiger charge is 2.29. The summed E-state index contributed by atoms with van der Waals surface area (Å²) >= 11 is 0.